The van der Waals surface area contributed by atoms with E-state index in [0.29, 0.717) is 51.0 Å². The van der Waals surface area contributed by atoms with Crippen LogP contribution in [0, 0.1) is 25.2 Å². The van der Waals surface area contributed by atoms with Crippen molar-refractivity contribution in [3.05, 3.63) is 99.9 Å². The Bertz CT molecular complexity index is 2530. The third-order valence-corrected chi connectivity index (χ3v) is 11.4. The lowest BCUT2D eigenvalue weighted by Gasteiger charge is -2.32. The van der Waals surface area contributed by atoms with Crippen LogP contribution in [-0.2, 0) is 25.6 Å². The average Bonchev–Trinajstić information content (AvgIpc) is 3.30. The summed E-state index contributed by atoms with van der Waals surface area (Å²) in [6.45, 7) is 11.4. The van der Waals surface area contributed by atoms with Gasteiger partial charge in [-0.15, -0.1) is 0 Å². The van der Waals surface area contributed by atoms with Gasteiger partial charge in [-0.1, -0.05) is 42.0 Å². The highest BCUT2D eigenvalue weighted by Crippen LogP contribution is 2.40. The second kappa shape index (κ2) is 23.3. The van der Waals surface area contributed by atoms with E-state index in [1.54, 1.807) is 50.2 Å². The standard InChI is InChI=1S/C49H61N11O7/c1-27(2)28(3)33-9-11-34(12-10-33)44-55-29(4)42(30(5)56-44)47(63)58-38(16-17-50)49(65)60(7)43-35-13-15-41(67-23-20-53)37(26-35)36-24-32(8-14-40(36)66-22-19-52)25-39(46(62)54-21-18-51)59-45(61)31(6)57-48(43)64/h8-15,24,26,31,38-39,43H,16-17,19-23,25,50,52-53H2,1-7H3,(H,54,62)(H,57,64)(H,58,63)(H,59,61)/t31-,38?,39-,43-/m0/s1. The quantitative estimate of drug-likeness (QED) is 0.0798. The van der Waals surface area contributed by atoms with Crippen LogP contribution in [0.1, 0.15) is 78.6 Å². The summed E-state index contributed by atoms with van der Waals surface area (Å²) in [5.41, 5.74) is 24.8. The van der Waals surface area contributed by atoms with Crippen molar-refractivity contribution in [1.82, 2.24) is 36.1 Å². The van der Waals surface area contributed by atoms with Crippen molar-refractivity contribution in [2.24, 2.45) is 17.2 Å². The van der Waals surface area contributed by atoms with Crippen molar-refractivity contribution < 1.29 is 33.4 Å². The number of carbonyl (C=O) groups is 5. The zero-order valence-electron chi connectivity index (χ0n) is 39.1. The van der Waals surface area contributed by atoms with Gasteiger partial charge < -0.3 is 52.8 Å². The van der Waals surface area contributed by atoms with Crippen LogP contribution in [0.3, 0.4) is 0 Å². The normalized spacial score (nSPS) is 16.2. The predicted octanol–water partition coefficient (Wildman–Crippen LogP) is 2.75. The number of hydrogen-bond acceptors (Lipinski definition) is 13. The highest BCUT2D eigenvalue weighted by atomic mass is 16.5. The molecule has 0 saturated heterocycles. The van der Waals surface area contributed by atoms with E-state index in [1.807, 2.05) is 30.3 Å². The minimum Gasteiger partial charge on any atom is -0.492 e. The van der Waals surface area contributed by atoms with Crippen molar-refractivity contribution >= 4 is 35.1 Å². The van der Waals surface area contributed by atoms with Crippen LogP contribution in [0.4, 0.5) is 0 Å². The largest absolute Gasteiger partial charge is 0.492 e. The fourth-order valence-electron chi connectivity index (χ4n) is 7.69. The number of likely N-dealkylation sites (N-methyl/N-ethyl adjacent to an activating group) is 1. The van der Waals surface area contributed by atoms with Crippen molar-refractivity contribution in [1.29, 1.82) is 5.26 Å². The Hall–Kier alpha value is -7.20. The second-order valence-electron chi connectivity index (χ2n) is 16.5. The molecule has 2 heterocycles. The molecule has 5 rings (SSSR count). The molecule has 0 spiro atoms. The van der Waals surface area contributed by atoms with E-state index in [2.05, 4.69) is 52.0 Å². The maximum absolute atomic E-state index is 14.7. The van der Waals surface area contributed by atoms with E-state index in [0.717, 1.165) is 11.1 Å². The van der Waals surface area contributed by atoms with Gasteiger partial charge in [0.1, 0.15) is 55.4 Å². The SMILES string of the molecule is CC(C)=C(C)c1ccc(-c2nc(C)c(C(=O)NC(CCN)C(=O)N(C)[C@@H]3C(=O)N[C@@H](C)C(=O)N[C@H](C(=O)NCC#N)Cc4ccc(OCCN)c(c4)-c4cc3ccc4OCCN)c(C)n2)cc1. The number of nitriles is 1. The van der Waals surface area contributed by atoms with Crippen LogP contribution in [0.5, 0.6) is 11.5 Å². The third kappa shape index (κ3) is 12.4. The van der Waals surface area contributed by atoms with Gasteiger partial charge in [-0.05, 0) is 101 Å². The molecular weight excluding hydrogens is 855 g/mol. The Labute approximate surface area is 391 Å². The lowest BCUT2D eigenvalue weighted by molar-refractivity contribution is -0.141. The number of nitrogens with two attached hydrogens (primary N) is 3. The molecule has 1 aliphatic heterocycles. The van der Waals surface area contributed by atoms with Crippen LogP contribution in [0.25, 0.3) is 28.1 Å². The predicted molar refractivity (Wildman–Crippen MR) is 254 cm³/mol. The number of benzene rings is 3. The molecule has 5 amide bonds. The number of ether oxygens (including phenoxy) is 2. The Kier molecular flexibility index (Phi) is 17.7. The van der Waals surface area contributed by atoms with Crippen molar-refractivity contribution in [2.75, 3.05) is 46.4 Å². The molecule has 354 valence electrons. The monoisotopic (exact) mass is 915 g/mol. The van der Waals surface area contributed by atoms with Gasteiger partial charge in [-0.2, -0.15) is 5.26 Å². The first-order valence-electron chi connectivity index (χ1n) is 22.1. The molecule has 1 aliphatic rings. The number of hydrogen-bond donors (Lipinski definition) is 7. The van der Waals surface area contributed by atoms with Gasteiger partial charge in [0.15, 0.2) is 5.82 Å². The molecule has 4 bridgehead atoms. The Morgan fingerprint density at radius 1 is 0.866 bits per heavy atom. The van der Waals surface area contributed by atoms with E-state index >= 15 is 0 Å². The summed E-state index contributed by atoms with van der Waals surface area (Å²) < 4.78 is 12.2. The van der Waals surface area contributed by atoms with Gasteiger partial charge in [0.25, 0.3) is 5.91 Å². The van der Waals surface area contributed by atoms with Gasteiger partial charge >= 0.3 is 0 Å². The number of nitrogens with zero attached hydrogens (tertiary/aromatic N) is 4. The van der Waals surface area contributed by atoms with Crippen LogP contribution in [-0.4, -0.2) is 109 Å². The molecule has 1 aromatic heterocycles. The molecule has 10 N–H and O–H groups in total. The van der Waals surface area contributed by atoms with Crippen LogP contribution >= 0.6 is 0 Å². The van der Waals surface area contributed by atoms with Crippen LogP contribution in [0.15, 0.2) is 66.2 Å². The Morgan fingerprint density at radius 3 is 2.06 bits per heavy atom. The molecule has 3 aromatic carbocycles. The summed E-state index contributed by atoms with van der Waals surface area (Å²) in [5, 5.41) is 19.9. The van der Waals surface area contributed by atoms with E-state index < -0.39 is 53.7 Å². The van der Waals surface area contributed by atoms with Gasteiger partial charge in [0, 0.05) is 43.2 Å². The highest BCUT2D eigenvalue weighted by molar-refractivity contribution is 6.00. The van der Waals surface area contributed by atoms with E-state index in [9.17, 15) is 29.2 Å². The second-order valence-corrected chi connectivity index (χ2v) is 16.5. The molecule has 0 radical (unpaired) electrons. The highest BCUT2D eigenvalue weighted by Gasteiger charge is 2.36. The third-order valence-electron chi connectivity index (χ3n) is 11.4. The minimum atomic E-state index is -1.41. The smallest absolute Gasteiger partial charge is 0.255 e. The molecule has 4 aromatic rings. The molecule has 18 nitrogen and oxygen atoms in total. The fraction of sp³-hybridized carbons (Fsp3) is 0.388. The summed E-state index contributed by atoms with van der Waals surface area (Å²) in [4.78, 5) is 81.1. The maximum Gasteiger partial charge on any atom is 0.255 e. The minimum absolute atomic E-state index is 0.000371. The molecule has 0 saturated carbocycles. The number of allylic oxidation sites excluding steroid dienone is 2. The summed E-state index contributed by atoms with van der Waals surface area (Å²) in [5.74, 6) is -2.15. The molecule has 1 unspecified atom stereocenters. The van der Waals surface area contributed by atoms with Gasteiger partial charge in [0.05, 0.1) is 23.0 Å². The number of aryl methyl sites for hydroxylation is 2. The van der Waals surface area contributed by atoms with Gasteiger partial charge in [-0.3, -0.25) is 24.0 Å². The van der Waals surface area contributed by atoms with E-state index in [1.165, 1.54) is 30.0 Å². The molecule has 67 heavy (non-hydrogen) atoms. The van der Waals surface area contributed by atoms with Crippen molar-refractivity contribution in [3.63, 3.8) is 0 Å². The fourth-order valence-corrected chi connectivity index (χ4v) is 7.69. The zero-order chi connectivity index (χ0) is 48.9. The zero-order valence-corrected chi connectivity index (χ0v) is 39.1. The number of amides is 5. The molecule has 4 atom stereocenters. The number of aromatic nitrogens is 2. The summed E-state index contributed by atoms with van der Waals surface area (Å²) in [6, 6.07) is 14.9. The summed E-state index contributed by atoms with van der Waals surface area (Å²) in [7, 11) is 1.42. The Balaban J connectivity index is 1.56. The first-order chi connectivity index (χ1) is 32.0. The number of nitrogens with one attached hydrogen (secondary N) is 4. The summed E-state index contributed by atoms with van der Waals surface area (Å²) >= 11 is 0. The average molecular weight is 916 g/mol. The first kappa shape index (κ1) is 50.8. The summed E-state index contributed by atoms with van der Waals surface area (Å²) in [6.07, 6.45) is -0.00206. The maximum atomic E-state index is 14.7. The molecular formula is C49H61N11O7. The Morgan fingerprint density at radius 2 is 1.48 bits per heavy atom. The molecule has 0 fully saturated rings. The number of rotatable bonds is 16. The van der Waals surface area contributed by atoms with E-state index in [4.69, 9.17) is 26.7 Å². The lowest BCUT2D eigenvalue weighted by atomic mass is 9.93. The van der Waals surface area contributed by atoms with Crippen molar-refractivity contribution in [2.45, 2.75) is 78.6 Å². The van der Waals surface area contributed by atoms with Gasteiger partial charge in [-0.25, -0.2) is 9.97 Å². The number of fused-ring (bicyclic) bond motifs is 5. The lowest BCUT2D eigenvalue weighted by Crippen LogP contribution is -2.56. The molecule has 0 aliphatic carbocycles. The van der Waals surface area contributed by atoms with Gasteiger partial charge in [0.2, 0.25) is 23.6 Å². The topological polar surface area (TPSA) is 283 Å². The first-order valence-corrected chi connectivity index (χ1v) is 22.1. The van der Waals surface area contributed by atoms with Crippen LogP contribution in [0.2, 0.25) is 0 Å². The molecule has 18 heteroatoms. The number of carbonyl (C=O) groups excluding carboxylic acids is 5. The van der Waals surface area contributed by atoms with Crippen LogP contribution < -0.4 is 47.9 Å². The van der Waals surface area contributed by atoms with Crippen molar-refractivity contribution in [3.8, 4) is 40.1 Å². The van der Waals surface area contributed by atoms with E-state index in [-0.39, 0.29) is 57.8 Å².